The first-order valence-corrected chi connectivity index (χ1v) is 6.61. The van der Waals surface area contributed by atoms with Crippen molar-refractivity contribution < 1.29 is 14.8 Å². The second-order valence-electron chi connectivity index (χ2n) is 3.88. The second-order valence-corrected chi connectivity index (χ2v) is 4.91. The standard InChI is InChI=1S/C12H11N3O4S/c16-12(17)9-3-4-10(15(18)19)11(14-9)13-6-5-8-2-1-7-20-8/h1-4,7H,5-6H2,(H,13,14)(H,16,17). The predicted octanol–water partition coefficient (Wildman–Crippen LogP) is 2.40. The van der Waals surface area contributed by atoms with Crippen molar-refractivity contribution in [2.45, 2.75) is 6.42 Å². The van der Waals surface area contributed by atoms with Crippen LogP contribution >= 0.6 is 11.3 Å². The number of aromatic carboxylic acids is 1. The summed E-state index contributed by atoms with van der Waals surface area (Å²) in [5.41, 5.74) is -0.463. The van der Waals surface area contributed by atoms with Crippen molar-refractivity contribution in [3.63, 3.8) is 0 Å². The summed E-state index contributed by atoms with van der Waals surface area (Å²) in [6, 6.07) is 6.14. The number of nitro groups is 1. The van der Waals surface area contributed by atoms with Crippen LogP contribution in [0, 0.1) is 10.1 Å². The Hall–Kier alpha value is -2.48. The molecule has 0 unspecified atom stereocenters. The van der Waals surface area contributed by atoms with Crippen LogP contribution in [-0.4, -0.2) is 27.5 Å². The Morgan fingerprint density at radius 1 is 1.45 bits per heavy atom. The highest BCUT2D eigenvalue weighted by Gasteiger charge is 2.18. The first-order valence-electron chi connectivity index (χ1n) is 5.73. The molecule has 0 atom stereocenters. The number of nitrogens with one attached hydrogen (secondary N) is 1. The molecule has 0 radical (unpaired) electrons. The second kappa shape index (κ2) is 6.11. The number of anilines is 1. The van der Waals surface area contributed by atoms with E-state index in [1.165, 1.54) is 0 Å². The van der Waals surface area contributed by atoms with Crippen LogP contribution in [0.25, 0.3) is 0 Å². The van der Waals surface area contributed by atoms with Gasteiger partial charge in [0, 0.05) is 17.5 Å². The summed E-state index contributed by atoms with van der Waals surface area (Å²) in [5, 5.41) is 24.5. The molecule has 0 aromatic carbocycles. The van der Waals surface area contributed by atoms with Gasteiger partial charge in [0.05, 0.1) is 4.92 Å². The first-order chi connectivity index (χ1) is 9.58. The molecule has 8 heteroatoms. The van der Waals surface area contributed by atoms with Crippen molar-refractivity contribution in [3.05, 3.63) is 50.3 Å². The number of carbonyl (C=O) groups is 1. The molecular formula is C12H11N3O4S. The number of hydrogen-bond acceptors (Lipinski definition) is 6. The van der Waals surface area contributed by atoms with Gasteiger partial charge in [-0.2, -0.15) is 0 Å². The van der Waals surface area contributed by atoms with Gasteiger partial charge in [-0.25, -0.2) is 9.78 Å². The third-order valence-corrected chi connectivity index (χ3v) is 3.47. The van der Waals surface area contributed by atoms with Gasteiger partial charge in [0.2, 0.25) is 5.82 Å². The lowest BCUT2D eigenvalue weighted by Crippen LogP contribution is -2.10. The zero-order valence-electron chi connectivity index (χ0n) is 10.3. The van der Waals surface area contributed by atoms with Gasteiger partial charge in [-0.05, 0) is 23.9 Å². The average Bonchev–Trinajstić information content (AvgIpc) is 2.91. The Morgan fingerprint density at radius 3 is 2.85 bits per heavy atom. The molecule has 0 saturated carbocycles. The lowest BCUT2D eigenvalue weighted by molar-refractivity contribution is -0.384. The highest BCUT2D eigenvalue weighted by Crippen LogP contribution is 2.22. The van der Waals surface area contributed by atoms with Gasteiger partial charge in [-0.1, -0.05) is 6.07 Å². The number of carboxylic acids is 1. The summed E-state index contributed by atoms with van der Waals surface area (Å²) in [6.07, 6.45) is 0.688. The molecule has 2 heterocycles. The van der Waals surface area contributed by atoms with Gasteiger partial charge in [-0.3, -0.25) is 10.1 Å². The SMILES string of the molecule is O=C(O)c1ccc([N+](=O)[O-])c(NCCc2cccs2)n1. The van der Waals surface area contributed by atoms with E-state index in [0.717, 1.165) is 17.0 Å². The van der Waals surface area contributed by atoms with E-state index in [0.29, 0.717) is 13.0 Å². The van der Waals surface area contributed by atoms with E-state index < -0.39 is 10.9 Å². The summed E-state index contributed by atoms with van der Waals surface area (Å²) >= 11 is 1.59. The fourth-order valence-electron chi connectivity index (χ4n) is 1.61. The lowest BCUT2D eigenvalue weighted by atomic mass is 10.3. The van der Waals surface area contributed by atoms with Gasteiger partial charge >= 0.3 is 11.7 Å². The third-order valence-electron chi connectivity index (χ3n) is 2.53. The fourth-order valence-corrected chi connectivity index (χ4v) is 2.32. The predicted molar refractivity (Wildman–Crippen MR) is 74.4 cm³/mol. The largest absolute Gasteiger partial charge is 0.477 e. The smallest absolute Gasteiger partial charge is 0.354 e. The van der Waals surface area contributed by atoms with E-state index in [1.807, 2.05) is 17.5 Å². The number of rotatable bonds is 6. The molecule has 2 rings (SSSR count). The van der Waals surface area contributed by atoms with E-state index >= 15 is 0 Å². The van der Waals surface area contributed by atoms with Gasteiger partial charge in [0.25, 0.3) is 0 Å². The van der Waals surface area contributed by atoms with Crippen molar-refractivity contribution in [2.24, 2.45) is 0 Å². The van der Waals surface area contributed by atoms with E-state index in [2.05, 4.69) is 10.3 Å². The summed E-state index contributed by atoms with van der Waals surface area (Å²) in [6.45, 7) is 0.442. The monoisotopic (exact) mass is 293 g/mol. The Morgan fingerprint density at radius 2 is 2.25 bits per heavy atom. The summed E-state index contributed by atoms with van der Waals surface area (Å²) in [5.74, 6) is -1.24. The molecular weight excluding hydrogens is 282 g/mol. The van der Waals surface area contributed by atoms with Crippen LogP contribution in [0.3, 0.4) is 0 Å². The molecule has 104 valence electrons. The Balaban J connectivity index is 2.13. The molecule has 0 saturated heterocycles. The zero-order chi connectivity index (χ0) is 14.5. The lowest BCUT2D eigenvalue weighted by Gasteiger charge is -2.06. The van der Waals surface area contributed by atoms with Crippen LogP contribution in [-0.2, 0) is 6.42 Å². The van der Waals surface area contributed by atoms with Crippen LogP contribution in [0.2, 0.25) is 0 Å². The highest BCUT2D eigenvalue weighted by atomic mass is 32.1. The van der Waals surface area contributed by atoms with Crippen molar-refractivity contribution in [1.29, 1.82) is 0 Å². The Labute approximate surface area is 118 Å². The van der Waals surface area contributed by atoms with Crippen LogP contribution < -0.4 is 5.32 Å². The maximum absolute atomic E-state index is 10.9. The highest BCUT2D eigenvalue weighted by molar-refractivity contribution is 7.09. The van der Waals surface area contributed by atoms with Gasteiger partial charge in [0.1, 0.15) is 0 Å². The van der Waals surface area contributed by atoms with E-state index in [9.17, 15) is 14.9 Å². The van der Waals surface area contributed by atoms with Crippen LogP contribution in [0.5, 0.6) is 0 Å². The van der Waals surface area contributed by atoms with Crippen LogP contribution in [0.1, 0.15) is 15.4 Å². The Kier molecular flexibility index (Phi) is 4.26. The third kappa shape index (κ3) is 3.29. The number of carboxylic acid groups (broad SMARTS) is 1. The molecule has 0 aliphatic carbocycles. The minimum atomic E-state index is -1.22. The molecule has 0 fully saturated rings. The van der Waals surface area contributed by atoms with Crippen LogP contribution in [0.4, 0.5) is 11.5 Å². The molecule has 0 bridgehead atoms. The molecule has 0 aliphatic rings. The minimum absolute atomic E-state index is 0.0218. The van der Waals surface area contributed by atoms with E-state index in [1.54, 1.807) is 11.3 Å². The number of pyridine rings is 1. The van der Waals surface area contributed by atoms with Gasteiger partial charge < -0.3 is 10.4 Å². The fraction of sp³-hybridized carbons (Fsp3) is 0.167. The number of nitrogens with zero attached hydrogens (tertiary/aromatic N) is 2. The molecule has 20 heavy (non-hydrogen) atoms. The summed E-state index contributed by atoms with van der Waals surface area (Å²) in [7, 11) is 0. The van der Waals surface area contributed by atoms with Crippen molar-refractivity contribution in [3.8, 4) is 0 Å². The van der Waals surface area contributed by atoms with Crippen molar-refractivity contribution in [2.75, 3.05) is 11.9 Å². The quantitative estimate of drug-likeness (QED) is 0.626. The summed E-state index contributed by atoms with van der Waals surface area (Å²) in [4.78, 5) is 26.0. The maximum Gasteiger partial charge on any atom is 0.354 e. The molecule has 2 N–H and O–H groups in total. The normalized spacial score (nSPS) is 10.2. The molecule has 0 amide bonds. The molecule has 0 spiro atoms. The summed E-state index contributed by atoms with van der Waals surface area (Å²) < 4.78 is 0. The van der Waals surface area contributed by atoms with Crippen LogP contribution in [0.15, 0.2) is 29.6 Å². The van der Waals surface area contributed by atoms with E-state index in [4.69, 9.17) is 5.11 Å². The molecule has 7 nitrogen and oxygen atoms in total. The van der Waals surface area contributed by atoms with Gasteiger partial charge in [-0.15, -0.1) is 11.3 Å². The number of thiophene rings is 1. The Bertz CT molecular complexity index is 628. The molecule has 2 aromatic heterocycles. The minimum Gasteiger partial charge on any atom is -0.477 e. The number of aromatic nitrogens is 1. The van der Waals surface area contributed by atoms with E-state index in [-0.39, 0.29) is 17.2 Å². The van der Waals surface area contributed by atoms with Crippen molar-refractivity contribution in [1.82, 2.24) is 4.98 Å². The van der Waals surface area contributed by atoms with Gasteiger partial charge in [0.15, 0.2) is 5.69 Å². The first kappa shape index (κ1) is 13.9. The molecule has 2 aromatic rings. The zero-order valence-corrected chi connectivity index (χ0v) is 11.1. The maximum atomic E-state index is 10.9. The van der Waals surface area contributed by atoms with Crippen molar-refractivity contribution >= 4 is 28.8 Å². The molecule has 0 aliphatic heterocycles. The average molecular weight is 293 g/mol. The number of hydrogen-bond donors (Lipinski definition) is 2. The topological polar surface area (TPSA) is 105 Å².